The third-order valence-electron chi connectivity index (χ3n) is 4.28. The summed E-state index contributed by atoms with van der Waals surface area (Å²) in [5.74, 6) is 0.981. The molecule has 1 unspecified atom stereocenters. The van der Waals surface area contributed by atoms with Crippen molar-refractivity contribution < 1.29 is 13.5 Å². The van der Waals surface area contributed by atoms with Crippen molar-refractivity contribution in [3.63, 3.8) is 0 Å². The maximum atomic E-state index is 12.1. The first kappa shape index (κ1) is 16.2. The lowest BCUT2D eigenvalue weighted by Crippen LogP contribution is -2.38. The third-order valence-corrected chi connectivity index (χ3v) is 4.28. The van der Waals surface area contributed by atoms with E-state index in [1.54, 1.807) is 12.1 Å². The van der Waals surface area contributed by atoms with Gasteiger partial charge in [0.1, 0.15) is 5.75 Å². The van der Waals surface area contributed by atoms with Crippen molar-refractivity contribution in [3.8, 4) is 5.75 Å². The second-order valence-electron chi connectivity index (χ2n) is 5.66. The molecule has 0 saturated carbocycles. The van der Waals surface area contributed by atoms with Gasteiger partial charge in [-0.2, -0.15) is 8.78 Å². The molecule has 1 aliphatic heterocycles. The topological polar surface area (TPSA) is 24.5 Å². The lowest BCUT2D eigenvalue weighted by molar-refractivity contribution is -0.0498. The van der Waals surface area contributed by atoms with Crippen LogP contribution in [0.3, 0.4) is 0 Å². The van der Waals surface area contributed by atoms with E-state index in [0.29, 0.717) is 6.04 Å². The summed E-state index contributed by atoms with van der Waals surface area (Å²) in [7, 11) is 2.00. The van der Waals surface area contributed by atoms with Crippen LogP contribution in [0.5, 0.6) is 5.75 Å². The van der Waals surface area contributed by atoms with Gasteiger partial charge < -0.3 is 10.1 Å². The molecule has 1 saturated heterocycles. The first-order chi connectivity index (χ1) is 10.1. The Kier molecular flexibility index (Phi) is 5.94. The van der Waals surface area contributed by atoms with Gasteiger partial charge in [-0.1, -0.05) is 12.1 Å². The minimum absolute atomic E-state index is 0.216. The molecule has 0 aromatic heterocycles. The Hall–Kier alpha value is -1.20. The first-order valence-electron chi connectivity index (χ1n) is 7.53. The summed E-state index contributed by atoms with van der Waals surface area (Å²) in [6.45, 7) is 2.66. The van der Waals surface area contributed by atoms with Gasteiger partial charge in [-0.3, -0.25) is 4.90 Å². The number of hydrogen-bond donors (Lipinski definition) is 1. The highest BCUT2D eigenvalue weighted by Gasteiger charge is 2.23. The van der Waals surface area contributed by atoms with Crippen LogP contribution in [0.2, 0.25) is 0 Å². The zero-order valence-corrected chi connectivity index (χ0v) is 12.7. The Morgan fingerprint density at radius 3 is 2.38 bits per heavy atom. The van der Waals surface area contributed by atoms with E-state index in [2.05, 4.69) is 21.9 Å². The zero-order valence-electron chi connectivity index (χ0n) is 12.7. The van der Waals surface area contributed by atoms with Crippen molar-refractivity contribution >= 4 is 0 Å². The molecule has 2 rings (SSSR count). The van der Waals surface area contributed by atoms with Gasteiger partial charge in [0.15, 0.2) is 0 Å². The number of alkyl halides is 2. The molecule has 1 aliphatic rings. The normalized spacial score (nSPS) is 18.9. The second-order valence-corrected chi connectivity index (χ2v) is 5.66. The van der Waals surface area contributed by atoms with Gasteiger partial charge >= 0.3 is 6.61 Å². The van der Waals surface area contributed by atoms with Gasteiger partial charge in [-0.05, 0) is 70.1 Å². The molecule has 0 bridgehead atoms. The van der Waals surface area contributed by atoms with Crippen LogP contribution < -0.4 is 10.1 Å². The van der Waals surface area contributed by atoms with E-state index in [4.69, 9.17) is 0 Å². The maximum absolute atomic E-state index is 12.1. The van der Waals surface area contributed by atoms with Crippen molar-refractivity contribution in [1.29, 1.82) is 0 Å². The molecule has 1 fully saturated rings. The van der Waals surface area contributed by atoms with E-state index >= 15 is 0 Å². The Morgan fingerprint density at radius 2 is 1.86 bits per heavy atom. The van der Waals surface area contributed by atoms with Gasteiger partial charge in [-0.25, -0.2) is 0 Å². The number of hydrogen-bond acceptors (Lipinski definition) is 3. The summed E-state index contributed by atoms with van der Waals surface area (Å²) in [4.78, 5) is 2.45. The predicted molar refractivity (Wildman–Crippen MR) is 79.7 cm³/mol. The van der Waals surface area contributed by atoms with Crippen LogP contribution in [0.15, 0.2) is 24.3 Å². The van der Waals surface area contributed by atoms with Crippen LogP contribution in [0.4, 0.5) is 8.78 Å². The number of nitrogens with one attached hydrogen (secondary N) is 1. The minimum atomic E-state index is -2.76. The van der Waals surface area contributed by atoms with Crippen molar-refractivity contribution in [2.24, 2.45) is 5.92 Å². The highest BCUT2D eigenvalue weighted by atomic mass is 19.3. The maximum Gasteiger partial charge on any atom is 0.387 e. The smallest absolute Gasteiger partial charge is 0.387 e. The minimum Gasteiger partial charge on any atom is -0.435 e. The Labute approximate surface area is 125 Å². The number of likely N-dealkylation sites (tertiary alicyclic amines) is 1. The summed E-state index contributed by atoms with van der Waals surface area (Å²) >= 11 is 0. The zero-order chi connectivity index (χ0) is 15.2. The summed E-state index contributed by atoms with van der Waals surface area (Å²) in [6, 6.07) is 7.29. The van der Waals surface area contributed by atoms with E-state index < -0.39 is 6.61 Å². The van der Waals surface area contributed by atoms with E-state index in [-0.39, 0.29) is 5.75 Å². The molecule has 118 valence electrons. The van der Waals surface area contributed by atoms with Crippen molar-refractivity contribution in [1.82, 2.24) is 10.2 Å². The Balaban J connectivity index is 1.90. The molecule has 1 aromatic rings. The molecule has 0 aliphatic carbocycles. The molecule has 1 N–H and O–H groups in total. The van der Waals surface area contributed by atoms with Crippen LogP contribution in [0, 0.1) is 5.92 Å². The van der Waals surface area contributed by atoms with Crippen LogP contribution in [0.1, 0.15) is 31.4 Å². The van der Waals surface area contributed by atoms with Crippen LogP contribution in [-0.2, 0) is 0 Å². The quantitative estimate of drug-likeness (QED) is 0.872. The van der Waals surface area contributed by atoms with Crippen molar-refractivity contribution in [2.45, 2.75) is 32.4 Å². The lowest BCUT2D eigenvalue weighted by Gasteiger charge is -2.36. The molecule has 5 heteroatoms. The molecular weight excluding hydrogens is 274 g/mol. The molecule has 0 spiro atoms. The monoisotopic (exact) mass is 298 g/mol. The average Bonchev–Trinajstić information content (AvgIpc) is 2.48. The largest absolute Gasteiger partial charge is 0.435 e. The van der Waals surface area contributed by atoms with Gasteiger partial charge in [0.25, 0.3) is 0 Å². The second kappa shape index (κ2) is 7.71. The molecule has 0 amide bonds. The number of halogens is 2. The average molecular weight is 298 g/mol. The number of nitrogens with zero attached hydrogens (tertiary/aromatic N) is 1. The van der Waals surface area contributed by atoms with Gasteiger partial charge in [0, 0.05) is 6.04 Å². The number of piperidine rings is 1. The summed E-state index contributed by atoms with van der Waals surface area (Å²) in [5, 5.41) is 3.24. The molecule has 1 atom stereocenters. The summed E-state index contributed by atoms with van der Waals surface area (Å²) < 4.78 is 28.7. The molecule has 0 radical (unpaired) electrons. The van der Waals surface area contributed by atoms with Crippen LogP contribution in [-0.4, -0.2) is 38.2 Å². The van der Waals surface area contributed by atoms with Crippen LogP contribution in [0.25, 0.3) is 0 Å². The first-order valence-corrected chi connectivity index (χ1v) is 7.53. The Bertz CT molecular complexity index is 417. The van der Waals surface area contributed by atoms with Crippen LogP contribution >= 0.6 is 0 Å². The molecule has 1 heterocycles. The standard InChI is InChI=1S/C16H24F2N2O/c1-12(20-9-7-13(8-10-20)11-19-2)14-3-5-15(6-4-14)21-16(17)18/h3-6,12-13,16,19H,7-11H2,1-2H3. The van der Waals surface area contributed by atoms with E-state index in [0.717, 1.165) is 31.1 Å². The Morgan fingerprint density at radius 1 is 1.24 bits per heavy atom. The summed E-state index contributed by atoms with van der Waals surface area (Å²) in [6.07, 6.45) is 2.41. The summed E-state index contributed by atoms with van der Waals surface area (Å²) in [5.41, 5.74) is 1.14. The SMILES string of the molecule is CNCC1CCN(C(C)c2ccc(OC(F)F)cc2)CC1. The van der Waals surface area contributed by atoms with Crippen molar-refractivity contribution in [3.05, 3.63) is 29.8 Å². The highest BCUT2D eigenvalue weighted by Crippen LogP contribution is 2.27. The van der Waals surface area contributed by atoms with E-state index in [1.165, 1.54) is 12.8 Å². The van der Waals surface area contributed by atoms with Crippen molar-refractivity contribution in [2.75, 3.05) is 26.7 Å². The fourth-order valence-corrected chi connectivity index (χ4v) is 2.97. The van der Waals surface area contributed by atoms with Gasteiger partial charge in [0.05, 0.1) is 0 Å². The van der Waals surface area contributed by atoms with Gasteiger partial charge in [-0.15, -0.1) is 0 Å². The van der Waals surface area contributed by atoms with E-state index in [1.807, 2.05) is 19.2 Å². The predicted octanol–water partition coefficient (Wildman–Crippen LogP) is 3.28. The van der Waals surface area contributed by atoms with E-state index in [9.17, 15) is 8.78 Å². The fourth-order valence-electron chi connectivity index (χ4n) is 2.97. The lowest BCUT2D eigenvalue weighted by atomic mass is 9.94. The van der Waals surface area contributed by atoms with Gasteiger partial charge in [0.2, 0.25) is 0 Å². The number of ether oxygens (including phenoxy) is 1. The third kappa shape index (κ3) is 4.64. The molecule has 21 heavy (non-hydrogen) atoms. The molecular formula is C16H24F2N2O. The highest BCUT2D eigenvalue weighted by molar-refractivity contribution is 5.29. The number of benzene rings is 1. The molecule has 3 nitrogen and oxygen atoms in total. The fraction of sp³-hybridized carbons (Fsp3) is 0.625. The number of rotatable bonds is 6. The molecule has 1 aromatic carbocycles.